The lowest BCUT2D eigenvalue weighted by molar-refractivity contribution is -0.134. The van der Waals surface area contributed by atoms with E-state index in [1.165, 1.54) is 0 Å². The normalized spacial score (nSPS) is 15.2. The topological polar surface area (TPSA) is 146 Å². The molecule has 11 heteroatoms. The molecule has 3 heterocycles. The van der Waals surface area contributed by atoms with Gasteiger partial charge < -0.3 is 29.2 Å². The lowest BCUT2D eigenvalue weighted by Gasteiger charge is -2.22. The maximum Gasteiger partial charge on any atom is 0.347 e. The molecule has 1 aliphatic rings. The summed E-state index contributed by atoms with van der Waals surface area (Å²) in [4.78, 5) is 45.7. The number of fused-ring (bicyclic) bond motifs is 1. The number of hydrogen-bond acceptors (Lipinski definition) is 9. The molecule has 0 aliphatic carbocycles. The van der Waals surface area contributed by atoms with Crippen LogP contribution in [-0.4, -0.2) is 77.4 Å². The van der Waals surface area contributed by atoms with E-state index in [1.807, 2.05) is 25.1 Å². The highest BCUT2D eigenvalue weighted by atomic mass is 16.5. The molecular formula is C26H30N4O7. The molecule has 1 saturated heterocycles. The molecule has 0 spiro atoms. The zero-order valence-electron chi connectivity index (χ0n) is 21.2. The van der Waals surface area contributed by atoms with Gasteiger partial charge in [-0.25, -0.2) is 24.4 Å². The van der Waals surface area contributed by atoms with Crippen LogP contribution in [0.4, 0.5) is 5.82 Å². The summed E-state index contributed by atoms with van der Waals surface area (Å²) in [6.07, 6.45) is 4.64. The van der Waals surface area contributed by atoms with Gasteiger partial charge in [0, 0.05) is 43.5 Å². The van der Waals surface area contributed by atoms with Crippen LogP contribution in [0, 0.1) is 0 Å². The van der Waals surface area contributed by atoms with Gasteiger partial charge in [0.2, 0.25) is 5.89 Å². The number of carboxylic acids is 2. The molecular weight excluding hydrogens is 480 g/mol. The van der Waals surface area contributed by atoms with Crippen molar-refractivity contribution >= 4 is 28.7 Å². The number of pyridine rings is 1. The monoisotopic (exact) mass is 510 g/mol. The average molecular weight is 511 g/mol. The molecule has 1 atom stereocenters. The zero-order chi connectivity index (χ0) is 27.1. The SMILES string of the molecule is CCc1cc(OC)cc2nc(-c3cccnc3N3CC[C@H](N(C)C)C3)oc(=O)c12.O=C(O)C=CC(=O)O. The number of aromatic nitrogens is 2. The fraction of sp³-hybridized carbons (Fsp3) is 0.346. The molecule has 1 fully saturated rings. The Hall–Kier alpha value is -4.25. The Morgan fingerprint density at radius 2 is 1.95 bits per heavy atom. The number of nitrogens with zero attached hydrogens (tertiary/aromatic N) is 4. The van der Waals surface area contributed by atoms with Crippen LogP contribution in [0.5, 0.6) is 5.75 Å². The van der Waals surface area contributed by atoms with E-state index in [9.17, 15) is 14.4 Å². The number of aliphatic carboxylic acids is 2. The molecule has 3 aromatic rings. The molecule has 0 bridgehead atoms. The van der Waals surface area contributed by atoms with Crippen molar-refractivity contribution in [2.75, 3.05) is 39.2 Å². The summed E-state index contributed by atoms with van der Waals surface area (Å²) < 4.78 is 11.1. The number of benzene rings is 1. The number of methoxy groups -OCH3 is 1. The van der Waals surface area contributed by atoms with Gasteiger partial charge in [0.15, 0.2) is 0 Å². The van der Waals surface area contributed by atoms with Gasteiger partial charge >= 0.3 is 17.6 Å². The fourth-order valence-corrected chi connectivity index (χ4v) is 4.08. The predicted octanol–water partition coefficient (Wildman–Crippen LogP) is 2.67. The number of carboxylic acid groups (broad SMARTS) is 2. The van der Waals surface area contributed by atoms with Gasteiger partial charge in [-0.2, -0.15) is 0 Å². The minimum atomic E-state index is -1.26. The minimum absolute atomic E-state index is 0.286. The van der Waals surface area contributed by atoms with Crippen molar-refractivity contribution in [2.24, 2.45) is 0 Å². The maximum absolute atomic E-state index is 12.8. The third-order valence-corrected chi connectivity index (χ3v) is 5.98. The van der Waals surface area contributed by atoms with Gasteiger partial charge in [0.1, 0.15) is 11.6 Å². The van der Waals surface area contributed by atoms with Crippen LogP contribution in [0.25, 0.3) is 22.4 Å². The molecule has 0 amide bonds. The van der Waals surface area contributed by atoms with Crippen LogP contribution in [0.1, 0.15) is 18.9 Å². The molecule has 0 saturated carbocycles. The molecule has 2 aromatic heterocycles. The lowest BCUT2D eigenvalue weighted by Crippen LogP contribution is -2.31. The van der Waals surface area contributed by atoms with E-state index in [-0.39, 0.29) is 11.5 Å². The van der Waals surface area contributed by atoms with E-state index >= 15 is 0 Å². The van der Waals surface area contributed by atoms with Gasteiger partial charge in [-0.1, -0.05) is 6.92 Å². The van der Waals surface area contributed by atoms with Gasteiger partial charge in [0.05, 0.1) is 23.6 Å². The second kappa shape index (κ2) is 12.1. The molecule has 37 heavy (non-hydrogen) atoms. The second-order valence-corrected chi connectivity index (χ2v) is 8.58. The van der Waals surface area contributed by atoms with E-state index < -0.39 is 11.9 Å². The first-order valence-electron chi connectivity index (χ1n) is 11.7. The third-order valence-electron chi connectivity index (χ3n) is 5.98. The minimum Gasteiger partial charge on any atom is -0.497 e. The van der Waals surface area contributed by atoms with E-state index in [2.05, 4.69) is 33.9 Å². The highest BCUT2D eigenvalue weighted by Crippen LogP contribution is 2.32. The Kier molecular flexibility index (Phi) is 8.96. The smallest absolute Gasteiger partial charge is 0.347 e. The van der Waals surface area contributed by atoms with Crippen LogP contribution in [-0.2, 0) is 16.0 Å². The summed E-state index contributed by atoms with van der Waals surface area (Å²) in [5.41, 5.74) is 1.79. The fourth-order valence-electron chi connectivity index (χ4n) is 4.08. The first-order valence-corrected chi connectivity index (χ1v) is 11.7. The summed E-state index contributed by atoms with van der Waals surface area (Å²) in [6, 6.07) is 7.86. The van der Waals surface area contributed by atoms with Crippen LogP contribution < -0.4 is 15.3 Å². The summed E-state index contributed by atoms with van der Waals surface area (Å²) in [5.74, 6) is -0.752. The predicted molar refractivity (Wildman–Crippen MR) is 138 cm³/mol. The van der Waals surface area contributed by atoms with Gasteiger partial charge in [-0.15, -0.1) is 0 Å². The number of aryl methyl sites for hydroxylation is 1. The standard InChI is InChI=1S/C22H26N4O3.C4H4O4/c1-5-14-11-16(28-4)12-18-19(14)22(27)29-21(24-18)17-7-6-9-23-20(17)26-10-8-15(13-26)25(2)3;5-3(6)1-2-4(7)8/h6-7,9,11-12,15H,5,8,10,13H2,1-4H3;1-2H,(H,5,6)(H,7,8)/t15-;/m0./s1. The van der Waals surface area contributed by atoms with Crippen LogP contribution >= 0.6 is 0 Å². The largest absolute Gasteiger partial charge is 0.497 e. The average Bonchev–Trinajstić information content (AvgIpc) is 3.37. The first kappa shape index (κ1) is 27.3. The van der Waals surface area contributed by atoms with E-state index in [0.717, 1.165) is 36.5 Å². The molecule has 0 radical (unpaired) electrons. The highest BCUT2D eigenvalue weighted by molar-refractivity contribution is 5.89. The molecule has 4 rings (SSSR count). The zero-order valence-corrected chi connectivity index (χ0v) is 21.2. The van der Waals surface area contributed by atoms with Crippen LogP contribution in [0.3, 0.4) is 0 Å². The van der Waals surface area contributed by atoms with E-state index in [4.69, 9.17) is 19.4 Å². The number of carbonyl (C=O) groups is 2. The number of anilines is 1. The number of ether oxygens (including phenoxy) is 1. The first-order chi connectivity index (χ1) is 17.6. The molecule has 2 N–H and O–H groups in total. The summed E-state index contributed by atoms with van der Waals surface area (Å²) in [6.45, 7) is 3.77. The number of hydrogen-bond donors (Lipinski definition) is 2. The number of rotatable bonds is 7. The van der Waals surface area contributed by atoms with Gasteiger partial charge in [0.25, 0.3) is 0 Å². The van der Waals surface area contributed by atoms with Gasteiger partial charge in [-0.3, -0.25) is 0 Å². The number of likely N-dealkylation sites (N-methyl/N-ethyl adjacent to an activating group) is 1. The maximum atomic E-state index is 12.8. The Balaban J connectivity index is 0.000000414. The Labute approximate surface area is 213 Å². The quantitative estimate of drug-likeness (QED) is 0.452. The Morgan fingerprint density at radius 1 is 1.24 bits per heavy atom. The summed E-state index contributed by atoms with van der Waals surface area (Å²) in [7, 11) is 5.80. The van der Waals surface area contributed by atoms with Crippen LogP contribution in [0.15, 0.2) is 51.8 Å². The second-order valence-electron chi connectivity index (χ2n) is 8.58. The summed E-state index contributed by atoms with van der Waals surface area (Å²) in [5, 5.41) is 16.1. The van der Waals surface area contributed by atoms with Crippen molar-refractivity contribution in [2.45, 2.75) is 25.8 Å². The van der Waals surface area contributed by atoms with Crippen molar-refractivity contribution in [1.29, 1.82) is 0 Å². The Morgan fingerprint density at radius 3 is 2.51 bits per heavy atom. The van der Waals surface area contributed by atoms with Crippen molar-refractivity contribution in [1.82, 2.24) is 14.9 Å². The molecule has 11 nitrogen and oxygen atoms in total. The molecule has 1 aliphatic heterocycles. The molecule has 0 unspecified atom stereocenters. The van der Waals surface area contributed by atoms with Crippen molar-refractivity contribution in [3.8, 4) is 17.2 Å². The summed E-state index contributed by atoms with van der Waals surface area (Å²) >= 11 is 0. The van der Waals surface area contributed by atoms with Crippen molar-refractivity contribution in [3.05, 3.63) is 58.6 Å². The third kappa shape index (κ3) is 6.70. The van der Waals surface area contributed by atoms with Crippen molar-refractivity contribution < 1.29 is 29.0 Å². The van der Waals surface area contributed by atoms with Crippen LogP contribution in [0.2, 0.25) is 0 Å². The Bertz CT molecular complexity index is 1350. The van der Waals surface area contributed by atoms with E-state index in [1.54, 1.807) is 19.4 Å². The molecule has 196 valence electrons. The molecule has 1 aromatic carbocycles. The van der Waals surface area contributed by atoms with E-state index in [0.29, 0.717) is 41.3 Å². The van der Waals surface area contributed by atoms with Gasteiger partial charge in [-0.05, 0) is 50.7 Å². The van der Waals surface area contributed by atoms with Crippen molar-refractivity contribution in [3.63, 3.8) is 0 Å². The lowest BCUT2D eigenvalue weighted by atomic mass is 10.1. The highest BCUT2D eigenvalue weighted by Gasteiger charge is 2.27.